The molecular formula is C12H10ClNO4S2. The lowest BCUT2D eigenvalue weighted by Gasteiger charge is -2.08. The second kappa shape index (κ2) is 5.53. The second-order valence-corrected chi connectivity index (χ2v) is 7.92. The van der Waals surface area contributed by atoms with Gasteiger partial charge in [-0.15, -0.1) is 4.13 Å². The summed E-state index contributed by atoms with van der Waals surface area (Å²) in [6.07, 6.45) is 0. The number of halogens is 1. The highest BCUT2D eigenvalue weighted by molar-refractivity contribution is 8.04. The molecule has 0 radical (unpaired) electrons. The molecule has 0 aliphatic rings. The highest BCUT2D eigenvalue weighted by Gasteiger charge is 2.24. The van der Waals surface area contributed by atoms with Crippen molar-refractivity contribution >= 4 is 31.6 Å². The molecule has 0 aromatic heterocycles. The van der Waals surface area contributed by atoms with Crippen molar-refractivity contribution in [1.82, 2.24) is 4.13 Å². The van der Waals surface area contributed by atoms with Crippen molar-refractivity contribution in [2.45, 2.75) is 9.79 Å². The summed E-state index contributed by atoms with van der Waals surface area (Å²) >= 11 is 5.70. The SMILES string of the molecule is O=S(=O)(NS(=O)(=O)c1cccc(Cl)c1)c1ccccc1. The number of benzene rings is 2. The molecule has 0 amide bonds. The molecule has 1 N–H and O–H groups in total. The maximum atomic E-state index is 12.0. The van der Waals surface area contributed by atoms with Crippen molar-refractivity contribution in [3.8, 4) is 0 Å². The summed E-state index contributed by atoms with van der Waals surface area (Å²) in [5.41, 5.74) is 0. The Balaban J connectivity index is 2.39. The van der Waals surface area contributed by atoms with Crippen LogP contribution in [0.3, 0.4) is 0 Å². The first-order valence-corrected chi connectivity index (χ1v) is 8.75. The van der Waals surface area contributed by atoms with Gasteiger partial charge in [-0.1, -0.05) is 35.9 Å². The van der Waals surface area contributed by atoms with E-state index in [9.17, 15) is 16.8 Å². The first-order valence-electron chi connectivity index (χ1n) is 5.40. The molecule has 0 aliphatic carbocycles. The lowest BCUT2D eigenvalue weighted by Crippen LogP contribution is -2.30. The van der Waals surface area contributed by atoms with Crippen molar-refractivity contribution < 1.29 is 16.8 Å². The molecule has 2 rings (SSSR count). The molecule has 0 spiro atoms. The first kappa shape index (κ1) is 15.0. The van der Waals surface area contributed by atoms with Crippen LogP contribution >= 0.6 is 11.6 Å². The fourth-order valence-electron chi connectivity index (χ4n) is 1.47. The van der Waals surface area contributed by atoms with Crippen LogP contribution in [0.2, 0.25) is 5.02 Å². The van der Waals surface area contributed by atoms with E-state index in [2.05, 4.69) is 0 Å². The molecule has 0 bridgehead atoms. The molecule has 0 saturated carbocycles. The molecule has 20 heavy (non-hydrogen) atoms. The molecular weight excluding hydrogens is 322 g/mol. The Morgan fingerprint density at radius 3 is 1.90 bits per heavy atom. The standard InChI is InChI=1S/C12H10ClNO4S2/c13-10-5-4-8-12(9-10)20(17,18)14-19(15,16)11-6-2-1-3-7-11/h1-9,14H. The molecule has 0 unspecified atom stereocenters. The van der Waals surface area contributed by atoms with Crippen LogP contribution in [0, 0.1) is 0 Å². The minimum absolute atomic E-state index is 0.134. The first-order chi connectivity index (χ1) is 9.31. The minimum Gasteiger partial charge on any atom is -0.206 e. The number of rotatable bonds is 4. The fourth-order valence-corrected chi connectivity index (χ4v) is 4.71. The predicted octanol–water partition coefficient (Wildman–Crippen LogP) is 2.01. The van der Waals surface area contributed by atoms with Crippen LogP contribution in [0.5, 0.6) is 0 Å². The van der Waals surface area contributed by atoms with Crippen molar-refractivity contribution in [2.24, 2.45) is 0 Å². The van der Waals surface area contributed by atoms with E-state index in [1.54, 1.807) is 10.2 Å². The number of sulfonamides is 2. The van der Waals surface area contributed by atoms with Gasteiger partial charge in [-0.2, -0.15) is 0 Å². The summed E-state index contributed by atoms with van der Waals surface area (Å²) in [4.78, 5) is -0.352. The van der Waals surface area contributed by atoms with Crippen LogP contribution in [-0.2, 0) is 20.0 Å². The fraction of sp³-hybridized carbons (Fsp3) is 0. The number of hydrogen-bond donors (Lipinski definition) is 1. The van der Waals surface area contributed by atoms with E-state index in [-0.39, 0.29) is 14.8 Å². The van der Waals surface area contributed by atoms with Crippen LogP contribution in [-0.4, -0.2) is 16.8 Å². The highest BCUT2D eigenvalue weighted by Crippen LogP contribution is 2.17. The smallest absolute Gasteiger partial charge is 0.206 e. The molecule has 8 heteroatoms. The van der Waals surface area contributed by atoms with E-state index in [4.69, 9.17) is 11.6 Å². The quantitative estimate of drug-likeness (QED) is 0.929. The Morgan fingerprint density at radius 2 is 1.30 bits per heavy atom. The Kier molecular flexibility index (Phi) is 4.14. The van der Waals surface area contributed by atoms with E-state index in [1.165, 1.54) is 48.5 Å². The third-order valence-electron chi connectivity index (χ3n) is 2.38. The molecule has 0 aliphatic heterocycles. The van der Waals surface area contributed by atoms with Gasteiger partial charge < -0.3 is 0 Å². The summed E-state index contributed by atoms with van der Waals surface area (Å²) in [5, 5.41) is 0.199. The molecule has 5 nitrogen and oxygen atoms in total. The zero-order valence-corrected chi connectivity index (χ0v) is 12.4. The Bertz CT molecular complexity index is 818. The molecule has 2 aromatic carbocycles. The van der Waals surface area contributed by atoms with Gasteiger partial charge in [-0.3, -0.25) is 0 Å². The van der Waals surface area contributed by atoms with Crippen LogP contribution in [0.25, 0.3) is 0 Å². The number of nitrogens with one attached hydrogen (secondary N) is 1. The average Bonchev–Trinajstić information content (AvgIpc) is 2.39. The van der Waals surface area contributed by atoms with Gasteiger partial charge in [-0.05, 0) is 30.3 Å². The van der Waals surface area contributed by atoms with Crippen LogP contribution < -0.4 is 4.13 Å². The third-order valence-corrected chi connectivity index (χ3v) is 6.14. The molecule has 0 saturated heterocycles. The van der Waals surface area contributed by atoms with Gasteiger partial charge in [0.25, 0.3) is 20.0 Å². The predicted molar refractivity (Wildman–Crippen MR) is 75.4 cm³/mol. The largest absolute Gasteiger partial charge is 0.253 e. The van der Waals surface area contributed by atoms with Gasteiger partial charge in [0.1, 0.15) is 0 Å². The van der Waals surface area contributed by atoms with E-state index in [0.29, 0.717) is 0 Å². The van der Waals surface area contributed by atoms with E-state index in [0.717, 1.165) is 0 Å². The Hall–Kier alpha value is -1.41. The highest BCUT2D eigenvalue weighted by atomic mass is 35.5. The van der Waals surface area contributed by atoms with Crippen LogP contribution in [0.15, 0.2) is 64.4 Å². The lowest BCUT2D eigenvalue weighted by atomic mass is 10.4. The zero-order valence-electron chi connectivity index (χ0n) is 10.0. The summed E-state index contributed by atoms with van der Waals surface area (Å²) in [5.74, 6) is 0. The summed E-state index contributed by atoms with van der Waals surface area (Å²) < 4.78 is 49.7. The summed E-state index contributed by atoms with van der Waals surface area (Å²) in [6, 6.07) is 12.6. The topological polar surface area (TPSA) is 80.3 Å². The van der Waals surface area contributed by atoms with E-state index < -0.39 is 20.0 Å². The average molecular weight is 332 g/mol. The summed E-state index contributed by atoms with van der Waals surface area (Å²) in [6.45, 7) is 0. The van der Waals surface area contributed by atoms with Gasteiger partial charge in [0.15, 0.2) is 0 Å². The molecule has 106 valence electrons. The maximum absolute atomic E-state index is 12.0. The van der Waals surface area contributed by atoms with Gasteiger partial charge in [0, 0.05) is 5.02 Å². The summed E-state index contributed by atoms with van der Waals surface area (Å²) in [7, 11) is -8.37. The third kappa shape index (κ3) is 3.37. The number of hydrogen-bond acceptors (Lipinski definition) is 4. The lowest BCUT2D eigenvalue weighted by molar-refractivity contribution is 0.577. The van der Waals surface area contributed by atoms with Crippen molar-refractivity contribution in [2.75, 3.05) is 0 Å². The van der Waals surface area contributed by atoms with Gasteiger partial charge >= 0.3 is 0 Å². The molecule has 0 heterocycles. The zero-order chi connectivity index (χ0) is 14.8. The van der Waals surface area contributed by atoms with Crippen LogP contribution in [0.4, 0.5) is 0 Å². The normalized spacial score (nSPS) is 12.2. The Morgan fingerprint density at radius 1 is 0.750 bits per heavy atom. The monoisotopic (exact) mass is 331 g/mol. The minimum atomic E-state index is -4.21. The van der Waals surface area contributed by atoms with E-state index in [1.807, 2.05) is 0 Å². The van der Waals surface area contributed by atoms with Gasteiger partial charge in [-0.25, -0.2) is 16.8 Å². The molecule has 2 aromatic rings. The molecule has 0 atom stereocenters. The van der Waals surface area contributed by atoms with Crippen LogP contribution in [0.1, 0.15) is 0 Å². The van der Waals surface area contributed by atoms with Gasteiger partial charge in [0.2, 0.25) is 0 Å². The maximum Gasteiger partial charge on any atom is 0.253 e. The second-order valence-electron chi connectivity index (χ2n) is 3.86. The Labute approximate surface area is 122 Å². The van der Waals surface area contributed by atoms with Crippen molar-refractivity contribution in [1.29, 1.82) is 0 Å². The van der Waals surface area contributed by atoms with E-state index >= 15 is 0 Å². The van der Waals surface area contributed by atoms with Crippen molar-refractivity contribution in [3.63, 3.8) is 0 Å². The van der Waals surface area contributed by atoms with Crippen molar-refractivity contribution in [3.05, 3.63) is 59.6 Å². The molecule has 0 fully saturated rings. The van der Waals surface area contributed by atoms with Gasteiger partial charge in [0.05, 0.1) is 9.79 Å².